The maximum Gasteiger partial charge on any atom is 0.290 e. The highest BCUT2D eigenvalue weighted by atomic mass is 35.5. The highest BCUT2D eigenvalue weighted by Crippen LogP contribution is 2.29. The Bertz CT molecular complexity index is 665. The standard InChI is InChI=1S/C15H17ClN2O2/c1-9-8-17-5-6-18(9)15(19)14-10(2)12-7-11(16)3-4-13(12)20-14/h3-4,7,9,17H,5-6,8H2,1-2H3/t9-/m0/s1. The van der Waals surface area contributed by atoms with Crippen molar-refractivity contribution < 1.29 is 9.21 Å². The van der Waals surface area contributed by atoms with Gasteiger partial charge >= 0.3 is 0 Å². The van der Waals surface area contributed by atoms with E-state index in [-0.39, 0.29) is 11.9 Å². The van der Waals surface area contributed by atoms with Crippen LogP contribution in [0.15, 0.2) is 22.6 Å². The summed E-state index contributed by atoms with van der Waals surface area (Å²) in [6, 6.07) is 5.60. The number of hydrogen-bond donors (Lipinski definition) is 1. The van der Waals surface area contributed by atoms with Crippen LogP contribution in [0.3, 0.4) is 0 Å². The molecule has 1 aromatic heterocycles. The zero-order chi connectivity index (χ0) is 14.3. The van der Waals surface area contributed by atoms with E-state index in [0.29, 0.717) is 22.9 Å². The molecule has 1 aliphatic rings. The third kappa shape index (κ3) is 2.19. The maximum atomic E-state index is 12.7. The van der Waals surface area contributed by atoms with Crippen LogP contribution >= 0.6 is 11.6 Å². The number of furan rings is 1. The molecule has 0 radical (unpaired) electrons. The van der Waals surface area contributed by atoms with Gasteiger partial charge in [-0.3, -0.25) is 4.79 Å². The van der Waals surface area contributed by atoms with Crippen LogP contribution in [0.25, 0.3) is 11.0 Å². The van der Waals surface area contributed by atoms with Crippen LogP contribution in [-0.2, 0) is 0 Å². The van der Waals surface area contributed by atoms with Crippen molar-refractivity contribution in [1.82, 2.24) is 10.2 Å². The second kappa shape index (κ2) is 5.11. The molecule has 1 fully saturated rings. The molecule has 1 aromatic carbocycles. The van der Waals surface area contributed by atoms with Crippen LogP contribution in [0.1, 0.15) is 23.0 Å². The highest BCUT2D eigenvalue weighted by Gasteiger charge is 2.28. The van der Waals surface area contributed by atoms with Crippen LogP contribution < -0.4 is 5.32 Å². The Hall–Kier alpha value is -1.52. The molecule has 0 spiro atoms. The van der Waals surface area contributed by atoms with Crippen molar-refractivity contribution in [3.63, 3.8) is 0 Å². The number of piperazine rings is 1. The normalized spacial score (nSPS) is 19.6. The number of fused-ring (bicyclic) bond motifs is 1. The van der Waals surface area contributed by atoms with Crippen molar-refractivity contribution in [1.29, 1.82) is 0 Å². The number of rotatable bonds is 1. The van der Waals surface area contributed by atoms with Crippen molar-refractivity contribution in [2.24, 2.45) is 0 Å². The Morgan fingerprint density at radius 1 is 1.50 bits per heavy atom. The Morgan fingerprint density at radius 3 is 3.05 bits per heavy atom. The number of carbonyl (C=O) groups is 1. The molecule has 1 atom stereocenters. The number of aryl methyl sites for hydroxylation is 1. The zero-order valence-corrected chi connectivity index (χ0v) is 12.3. The lowest BCUT2D eigenvalue weighted by Gasteiger charge is -2.33. The van der Waals surface area contributed by atoms with Gasteiger partial charge < -0.3 is 14.6 Å². The molecule has 2 aromatic rings. The average Bonchev–Trinajstić information content (AvgIpc) is 2.76. The van der Waals surface area contributed by atoms with Gasteiger partial charge in [0.15, 0.2) is 5.76 Å². The lowest BCUT2D eigenvalue weighted by atomic mass is 10.1. The van der Waals surface area contributed by atoms with E-state index in [2.05, 4.69) is 5.32 Å². The predicted molar refractivity (Wildman–Crippen MR) is 79.3 cm³/mol. The molecule has 20 heavy (non-hydrogen) atoms. The van der Waals surface area contributed by atoms with Gasteiger partial charge in [-0.15, -0.1) is 0 Å². The molecule has 0 saturated carbocycles. The monoisotopic (exact) mass is 292 g/mol. The number of carbonyl (C=O) groups excluding carboxylic acids is 1. The first kappa shape index (κ1) is 13.5. The van der Waals surface area contributed by atoms with Gasteiger partial charge in [-0.25, -0.2) is 0 Å². The molecule has 0 unspecified atom stereocenters. The minimum absolute atomic E-state index is 0.0381. The van der Waals surface area contributed by atoms with Crippen molar-refractivity contribution in [2.75, 3.05) is 19.6 Å². The highest BCUT2D eigenvalue weighted by molar-refractivity contribution is 6.31. The van der Waals surface area contributed by atoms with Gasteiger partial charge in [0.25, 0.3) is 5.91 Å². The van der Waals surface area contributed by atoms with E-state index in [1.165, 1.54) is 0 Å². The molecular weight excluding hydrogens is 276 g/mol. The van der Waals surface area contributed by atoms with E-state index in [0.717, 1.165) is 24.0 Å². The molecule has 106 valence electrons. The van der Waals surface area contributed by atoms with E-state index in [4.69, 9.17) is 16.0 Å². The summed E-state index contributed by atoms with van der Waals surface area (Å²) in [6.45, 7) is 6.29. The van der Waals surface area contributed by atoms with Crippen molar-refractivity contribution in [3.05, 3.63) is 34.5 Å². The van der Waals surface area contributed by atoms with Gasteiger partial charge in [0, 0.05) is 41.6 Å². The van der Waals surface area contributed by atoms with E-state index in [1.807, 2.05) is 30.9 Å². The minimum atomic E-state index is -0.0381. The molecule has 1 N–H and O–H groups in total. The molecule has 1 saturated heterocycles. The Kier molecular flexibility index (Phi) is 3.44. The van der Waals surface area contributed by atoms with Gasteiger partial charge in [0.05, 0.1) is 0 Å². The SMILES string of the molecule is Cc1c(C(=O)N2CCNC[C@@H]2C)oc2ccc(Cl)cc12. The third-order valence-corrected chi connectivity index (χ3v) is 4.09. The molecular formula is C15H17ClN2O2. The third-order valence-electron chi connectivity index (χ3n) is 3.85. The van der Waals surface area contributed by atoms with Gasteiger partial charge in [-0.05, 0) is 32.0 Å². The number of amides is 1. The molecule has 1 amide bonds. The maximum absolute atomic E-state index is 12.7. The second-order valence-electron chi connectivity index (χ2n) is 5.25. The smallest absolute Gasteiger partial charge is 0.290 e. The predicted octanol–water partition coefficient (Wildman–Crippen LogP) is 2.83. The van der Waals surface area contributed by atoms with E-state index < -0.39 is 0 Å². The van der Waals surface area contributed by atoms with Crippen molar-refractivity contribution >= 4 is 28.5 Å². The number of nitrogens with zero attached hydrogens (tertiary/aromatic N) is 1. The van der Waals surface area contributed by atoms with E-state index in [9.17, 15) is 4.79 Å². The molecule has 5 heteroatoms. The largest absolute Gasteiger partial charge is 0.451 e. The summed E-state index contributed by atoms with van der Waals surface area (Å²) in [5, 5.41) is 4.83. The van der Waals surface area contributed by atoms with Gasteiger partial charge in [0.1, 0.15) is 5.58 Å². The number of halogens is 1. The lowest BCUT2D eigenvalue weighted by molar-refractivity contribution is 0.0624. The first-order chi connectivity index (χ1) is 9.58. The van der Waals surface area contributed by atoms with E-state index >= 15 is 0 Å². The minimum Gasteiger partial charge on any atom is -0.451 e. The Morgan fingerprint density at radius 2 is 2.30 bits per heavy atom. The van der Waals surface area contributed by atoms with Gasteiger partial charge in [0.2, 0.25) is 0 Å². The molecule has 0 aliphatic carbocycles. The fraction of sp³-hybridized carbons (Fsp3) is 0.400. The van der Waals surface area contributed by atoms with Crippen LogP contribution in [0, 0.1) is 6.92 Å². The first-order valence-electron chi connectivity index (χ1n) is 6.78. The summed E-state index contributed by atoms with van der Waals surface area (Å²) in [5.41, 5.74) is 1.57. The molecule has 2 heterocycles. The summed E-state index contributed by atoms with van der Waals surface area (Å²) in [4.78, 5) is 14.5. The summed E-state index contributed by atoms with van der Waals surface area (Å²) < 4.78 is 5.75. The summed E-state index contributed by atoms with van der Waals surface area (Å²) in [5.74, 6) is 0.389. The summed E-state index contributed by atoms with van der Waals surface area (Å²) >= 11 is 6.01. The van der Waals surface area contributed by atoms with Crippen LogP contribution in [-0.4, -0.2) is 36.5 Å². The summed E-state index contributed by atoms with van der Waals surface area (Å²) in [7, 11) is 0. The number of benzene rings is 1. The summed E-state index contributed by atoms with van der Waals surface area (Å²) in [6.07, 6.45) is 0. The van der Waals surface area contributed by atoms with Crippen LogP contribution in [0.5, 0.6) is 0 Å². The Labute approximate surface area is 122 Å². The van der Waals surface area contributed by atoms with Crippen molar-refractivity contribution in [3.8, 4) is 0 Å². The van der Waals surface area contributed by atoms with Crippen LogP contribution in [0.4, 0.5) is 0 Å². The molecule has 3 rings (SSSR count). The lowest BCUT2D eigenvalue weighted by Crippen LogP contribution is -2.52. The molecule has 1 aliphatic heterocycles. The Balaban J connectivity index is 2.01. The van der Waals surface area contributed by atoms with Crippen molar-refractivity contribution in [2.45, 2.75) is 19.9 Å². The average molecular weight is 293 g/mol. The topological polar surface area (TPSA) is 45.5 Å². The fourth-order valence-electron chi connectivity index (χ4n) is 2.67. The number of hydrogen-bond acceptors (Lipinski definition) is 3. The zero-order valence-electron chi connectivity index (χ0n) is 11.6. The first-order valence-corrected chi connectivity index (χ1v) is 7.16. The van der Waals surface area contributed by atoms with Gasteiger partial charge in [-0.2, -0.15) is 0 Å². The second-order valence-corrected chi connectivity index (χ2v) is 5.68. The van der Waals surface area contributed by atoms with Gasteiger partial charge in [-0.1, -0.05) is 11.6 Å². The molecule has 0 bridgehead atoms. The molecule has 4 nitrogen and oxygen atoms in total. The van der Waals surface area contributed by atoms with Crippen LogP contribution in [0.2, 0.25) is 5.02 Å². The number of nitrogens with one attached hydrogen (secondary N) is 1. The fourth-order valence-corrected chi connectivity index (χ4v) is 2.84. The van der Waals surface area contributed by atoms with E-state index in [1.54, 1.807) is 6.07 Å². The quantitative estimate of drug-likeness (QED) is 0.879.